The topological polar surface area (TPSA) is 94.0 Å². The van der Waals surface area contributed by atoms with Crippen molar-refractivity contribution in [3.05, 3.63) is 60.8 Å². The molecule has 170 valence electrons. The zero-order valence-electron chi connectivity index (χ0n) is 18.6. The molecule has 1 unspecified atom stereocenters. The van der Waals surface area contributed by atoms with Gasteiger partial charge in [-0.1, -0.05) is 18.2 Å². The zero-order valence-corrected chi connectivity index (χ0v) is 18.6. The summed E-state index contributed by atoms with van der Waals surface area (Å²) in [7, 11) is 1.90. The molecule has 2 saturated heterocycles. The van der Waals surface area contributed by atoms with Crippen molar-refractivity contribution in [3.63, 3.8) is 0 Å². The fraction of sp³-hybridized carbons (Fsp3) is 0.360. The molecule has 0 spiro atoms. The van der Waals surface area contributed by atoms with Crippen LogP contribution in [0.3, 0.4) is 0 Å². The van der Waals surface area contributed by atoms with Crippen LogP contribution in [0.2, 0.25) is 0 Å². The number of aryl methyl sites for hydroxylation is 1. The van der Waals surface area contributed by atoms with Crippen LogP contribution in [0.15, 0.2) is 60.2 Å². The van der Waals surface area contributed by atoms with Gasteiger partial charge in [0.1, 0.15) is 6.17 Å². The zero-order chi connectivity index (χ0) is 22.8. The van der Waals surface area contributed by atoms with E-state index in [0.717, 1.165) is 47.1 Å². The molecule has 0 radical (unpaired) electrons. The van der Waals surface area contributed by atoms with Crippen molar-refractivity contribution in [3.8, 4) is 22.5 Å². The molecule has 4 heterocycles. The number of nitrogens with one attached hydrogen (secondary N) is 1. The lowest BCUT2D eigenvalue weighted by molar-refractivity contribution is 0.138. The van der Waals surface area contributed by atoms with Crippen LogP contribution in [-0.2, 0) is 7.05 Å². The van der Waals surface area contributed by atoms with Crippen molar-refractivity contribution in [1.82, 2.24) is 25.1 Å². The number of benzene rings is 1. The SMILES string of the molecule is Cn1cc(-c2cccc(-c3ncc(C(/C=N\C[C@H]4C[C@@H]5CC[C@@H](N5)C4F)=C/N)cn3)c2)cn1. The van der Waals surface area contributed by atoms with Crippen molar-refractivity contribution >= 4 is 11.8 Å². The fourth-order valence-electron chi connectivity index (χ4n) is 4.82. The Balaban J connectivity index is 1.27. The van der Waals surface area contributed by atoms with Crippen LogP contribution in [-0.4, -0.2) is 50.8 Å². The van der Waals surface area contributed by atoms with Crippen LogP contribution >= 0.6 is 0 Å². The molecule has 2 bridgehead atoms. The minimum atomic E-state index is -0.837. The van der Waals surface area contributed by atoms with Crippen LogP contribution < -0.4 is 11.1 Å². The second-order valence-corrected chi connectivity index (χ2v) is 8.88. The lowest BCUT2D eigenvalue weighted by Crippen LogP contribution is -2.47. The highest BCUT2D eigenvalue weighted by molar-refractivity contribution is 6.09. The Morgan fingerprint density at radius 2 is 2.03 bits per heavy atom. The van der Waals surface area contributed by atoms with Crippen LogP contribution in [0.25, 0.3) is 28.1 Å². The van der Waals surface area contributed by atoms with E-state index < -0.39 is 6.17 Å². The number of alkyl halides is 1. The smallest absolute Gasteiger partial charge is 0.159 e. The Morgan fingerprint density at radius 1 is 1.21 bits per heavy atom. The first kappa shape index (κ1) is 21.5. The predicted octanol–water partition coefficient (Wildman–Crippen LogP) is 3.39. The van der Waals surface area contributed by atoms with Gasteiger partial charge in [-0.25, -0.2) is 14.4 Å². The quantitative estimate of drug-likeness (QED) is 0.567. The van der Waals surface area contributed by atoms with E-state index in [9.17, 15) is 4.39 Å². The molecule has 5 rings (SSSR count). The lowest BCUT2D eigenvalue weighted by atomic mass is 9.90. The largest absolute Gasteiger partial charge is 0.404 e. The summed E-state index contributed by atoms with van der Waals surface area (Å²) >= 11 is 0. The van der Waals surface area contributed by atoms with Crippen LogP contribution in [0.5, 0.6) is 0 Å². The van der Waals surface area contributed by atoms with Crippen LogP contribution in [0, 0.1) is 5.92 Å². The first-order chi connectivity index (χ1) is 16.1. The number of hydrogen-bond donors (Lipinski definition) is 2. The second-order valence-electron chi connectivity index (χ2n) is 8.88. The van der Waals surface area contributed by atoms with Crippen LogP contribution in [0.1, 0.15) is 24.8 Å². The number of halogens is 1. The summed E-state index contributed by atoms with van der Waals surface area (Å²) in [5, 5.41) is 7.60. The van der Waals surface area contributed by atoms with Gasteiger partial charge >= 0.3 is 0 Å². The highest BCUT2D eigenvalue weighted by Crippen LogP contribution is 2.33. The first-order valence-electron chi connectivity index (χ1n) is 11.3. The molecule has 2 aromatic heterocycles. The Bertz CT molecular complexity index is 1170. The molecular weight excluding hydrogens is 417 g/mol. The van der Waals surface area contributed by atoms with Gasteiger partial charge in [-0.05, 0) is 30.9 Å². The predicted molar refractivity (Wildman–Crippen MR) is 128 cm³/mol. The maximum absolute atomic E-state index is 14.6. The van der Waals surface area contributed by atoms with E-state index in [1.807, 2.05) is 43.7 Å². The first-order valence-corrected chi connectivity index (χ1v) is 11.3. The Kier molecular flexibility index (Phi) is 6.00. The molecule has 4 atom stereocenters. The highest BCUT2D eigenvalue weighted by Gasteiger charge is 2.41. The van der Waals surface area contributed by atoms with Crippen molar-refractivity contribution < 1.29 is 4.39 Å². The van der Waals surface area contributed by atoms with Gasteiger partial charge in [0.2, 0.25) is 0 Å². The number of nitrogens with zero attached hydrogens (tertiary/aromatic N) is 5. The lowest BCUT2D eigenvalue weighted by Gasteiger charge is -2.31. The van der Waals surface area contributed by atoms with Gasteiger partial charge in [0.05, 0.1) is 6.20 Å². The number of aliphatic imine (C=N–C) groups is 1. The average molecular weight is 446 g/mol. The molecule has 2 aliphatic heterocycles. The summed E-state index contributed by atoms with van der Waals surface area (Å²) in [4.78, 5) is 13.6. The summed E-state index contributed by atoms with van der Waals surface area (Å²) in [6.07, 6.45) is 12.5. The molecule has 1 aromatic carbocycles. The molecule has 33 heavy (non-hydrogen) atoms. The minimum absolute atomic E-state index is 0.00827. The van der Waals surface area contributed by atoms with Crippen molar-refractivity contribution in [1.29, 1.82) is 0 Å². The maximum atomic E-state index is 14.6. The molecule has 3 aromatic rings. The molecule has 7 nitrogen and oxygen atoms in total. The number of nitrogens with two attached hydrogens (primary N) is 1. The monoisotopic (exact) mass is 445 g/mol. The Labute approximate surface area is 192 Å². The van der Waals surface area contributed by atoms with E-state index in [0.29, 0.717) is 18.4 Å². The average Bonchev–Trinajstić information content (AvgIpc) is 3.47. The summed E-state index contributed by atoms with van der Waals surface area (Å²) < 4.78 is 16.4. The maximum Gasteiger partial charge on any atom is 0.159 e. The van der Waals surface area contributed by atoms with Crippen molar-refractivity contribution in [2.45, 2.75) is 37.5 Å². The number of rotatable bonds is 6. The highest BCUT2D eigenvalue weighted by atomic mass is 19.1. The number of piperidine rings is 1. The molecule has 2 aliphatic rings. The fourth-order valence-corrected chi connectivity index (χ4v) is 4.82. The van der Waals surface area contributed by atoms with Gasteiger partial charge in [0, 0.05) is 84.9 Å². The van der Waals surface area contributed by atoms with E-state index in [4.69, 9.17) is 5.73 Å². The van der Waals surface area contributed by atoms with Gasteiger partial charge in [0.15, 0.2) is 5.82 Å². The molecule has 2 fully saturated rings. The summed E-state index contributed by atoms with van der Waals surface area (Å²) in [6.45, 7) is 0.466. The van der Waals surface area contributed by atoms with E-state index in [2.05, 4.69) is 25.4 Å². The molecule has 0 saturated carbocycles. The third-order valence-electron chi connectivity index (χ3n) is 6.59. The van der Waals surface area contributed by atoms with Crippen molar-refractivity contribution in [2.75, 3.05) is 6.54 Å². The third kappa shape index (κ3) is 4.57. The summed E-state index contributed by atoms with van der Waals surface area (Å²) in [6, 6.07) is 8.48. The van der Waals surface area contributed by atoms with Gasteiger partial charge in [0.25, 0.3) is 0 Å². The van der Waals surface area contributed by atoms with Gasteiger partial charge in [-0.3, -0.25) is 9.67 Å². The van der Waals surface area contributed by atoms with E-state index in [1.165, 1.54) is 6.20 Å². The Hall–Kier alpha value is -3.39. The van der Waals surface area contributed by atoms with E-state index >= 15 is 0 Å². The number of fused-ring (bicyclic) bond motifs is 2. The standard InChI is InChI=1S/C25H28FN7/c1-33-15-21(14-31-33)16-3-2-4-17(7-16)25-29-12-20(13-30-25)19(9-27)11-28-10-18-8-22-5-6-23(32-22)24(18)26/h2-4,7,9,11-15,18,22-24,32H,5-6,8,10,27H2,1H3/b19-9+,28-11-/t18-,22+,23-,24?/m1/s1. The second kappa shape index (κ2) is 9.23. The minimum Gasteiger partial charge on any atom is -0.404 e. The Morgan fingerprint density at radius 3 is 2.79 bits per heavy atom. The molecule has 3 N–H and O–H groups in total. The molecule has 8 heteroatoms. The summed E-state index contributed by atoms with van der Waals surface area (Å²) in [5.74, 6) is 0.591. The normalized spacial score (nSPS) is 25.1. The van der Waals surface area contributed by atoms with E-state index in [-0.39, 0.29) is 12.0 Å². The van der Waals surface area contributed by atoms with E-state index in [1.54, 1.807) is 23.3 Å². The van der Waals surface area contributed by atoms with Gasteiger partial charge < -0.3 is 11.1 Å². The van der Waals surface area contributed by atoms with Crippen LogP contribution in [0.4, 0.5) is 4.39 Å². The third-order valence-corrected chi connectivity index (χ3v) is 6.59. The van der Waals surface area contributed by atoms with Crippen molar-refractivity contribution in [2.24, 2.45) is 23.7 Å². The van der Waals surface area contributed by atoms with Gasteiger partial charge in [-0.2, -0.15) is 5.10 Å². The van der Waals surface area contributed by atoms with Gasteiger partial charge in [-0.15, -0.1) is 0 Å². The molecule has 0 amide bonds. The number of aromatic nitrogens is 4. The molecular formula is C25H28FN7. The summed E-state index contributed by atoms with van der Waals surface area (Å²) in [5.41, 5.74) is 10.4. The number of allylic oxidation sites excluding steroid dienone is 1. The molecule has 0 aliphatic carbocycles. The number of hydrogen-bond acceptors (Lipinski definition) is 6.